The smallest absolute Gasteiger partial charge is 0.413 e. The van der Waals surface area contributed by atoms with E-state index in [1.54, 1.807) is 0 Å². The maximum absolute atomic E-state index is 11.4. The molecule has 9 heteroatoms. The van der Waals surface area contributed by atoms with Gasteiger partial charge in [0.25, 0.3) is 11.1 Å². The van der Waals surface area contributed by atoms with Gasteiger partial charge in [0.05, 0.1) is 27.0 Å². The molecular formula is C11H19N4O4S+. The third kappa shape index (κ3) is 4.82. The first kappa shape index (κ1) is 16.4. The van der Waals surface area contributed by atoms with Gasteiger partial charge in [0, 0.05) is 6.42 Å². The van der Waals surface area contributed by atoms with Crippen LogP contribution in [0.4, 0.5) is 4.79 Å². The average Bonchev–Trinajstić information content (AvgIpc) is 2.85. The highest BCUT2D eigenvalue weighted by molar-refractivity contribution is 7.99. The minimum Gasteiger partial charge on any atom is -0.453 e. The normalized spacial score (nSPS) is 12.2. The van der Waals surface area contributed by atoms with E-state index in [1.165, 1.54) is 12.0 Å². The highest BCUT2D eigenvalue weighted by Crippen LogP contribution is 2.19. The van der Waals surface area contributed by atoms with Crippen molar-refractivity contribution in [3.05, 3.63) is 5.89 Å². The van der Waals surface area contributed by atoms with Crippen LogP contribution in [0.1, 0.15) is 25.3 Å². The van der Waals surface area contributed by atoms with Gasteiger partial charge in [-0.3, -0.25) is 10.1 Å². The highest BCUT2D eigenvalue weighted by atomic mass is 32.2. The molecule has 1 atom stereocenters. The van der Waals surface area contributed by atoms with E-state index in [4.69, 9.17) is 4.42 Å². The second kappa shape index (κ2) is 7.85. The summed E-state index contributed by atoms with van der Waals surface area (Å²) < 4.78 is 9.82. The van der Waals surface area contributed by atoms with Gasteiger partial charge >= 0.3 is 6.09 Å². The lowest BCUT2D eigenvalue weighted by molar-refractivity contribution is -0.894. The summed E-state index contributed by atoms with van der Waals surface area (Å²) in [5.74, 6) is 0.0674. The monoisotopic (exact) mass is 303 g/mol. The maximum Gasteiger partial charge on any atom is 0.413 e. The molecule has 112 valence electrons. The summed E-state index contributed by atoms with van der Waals surface area (Å²) in [6.07, 6.45) is 0.0846. The number of nitrogens with one attached hydrogen (secondary N) is 2. The fourth-order valence-electron chi connectivity index (χ4n) is 1.58. The number of imide groups is 1. The second-order valence-corrected chi connectivity index (χ2v) is 5.20. The lowest BCUT2D eigenvalue weighted by Gasteiger charge is -2.15. The zero-order chi connectivity index (χ0) is 15.1. The first-order valence-corrected chi connectivity index (χ1v) is 7.10. The lowest BCUT2D eigenvalue weighted by Crippen LogP contribution is -3.06. The fraction of sp³-hybridized carbons (Fsp3) is 0.636. The second-order valence-electron chi connectivity index (χ2n) is 4.27. The summed E-state index contributed by atoms with van der Waals surface area (Å²) in [5.41, 5.74) is 0. The van der Waals surface area contributed by atoms with E-state index in [2.05, 4.69) is 14.9 Å². The van der Waals surface area contributed by atoms with Gasteiger partial charge in [-0.25, -0.2) is 4.79 Å². The number of carbonyl (C=O) groups excluding carboxylic acids is 2. The number of carbonyl (C=O) groups is 2. The number of thioether (sulfide) groups is 1. The third-order valence-electron chi connectivity index (χ3n) is 2.58. The van der Waals surface area contributed by atoms with E-state index in [9.17, 15) is 9.59 Å². The Hall–Kier alpha value is -1.61. The highest BCUT2D eigenvalue weighted by Gasteiger charge is 2.22. The molecule has 2 N–H and O–H groups in total. The Morgan fingerprint density at radius 3 is 2.70 bits per heavy atom. The zero-order valence-corrected chi connectivity index (χ0v) is 12.7. The van der Waals surface area contributed by atoms with Crippen molar-refractivity contribution in [3.63, 3.8) is 0 Å². The first-order chi connectivity index (χ1) is 9.47. The van der Waals surface area contributed by atoms with Crippen LogP contribution in [-0.4, -0.2) is 49.2 Å². The Balaban J connectivity index is 2.52. The van der Waals surface area contributed by atoms with Crippen molar-refractivity contribution >= 4 is 23.8 Å². The van der Waals surface area contributed by atoms with E-state index < -0.39 is 12.0 Å². The van der Waals surface area contributed by atoms with Gasteiger partial charge in [-0.15, -0.1) is 10.2 Å². The molecule has 0 saturated heterocycles. The summed E-state index contributed by atoms with van der Waals surface area (Å²) in [6.45, 7) is 2.04. The van der Waals surface area contributed by atoms with Gasteiger partial charge in [0.1, 0.15) is 0 Å². The molecule has 0 radical (unpaired) electrons. The van der Waals surface area contributed by atoms with Crippen molar-refractivity contribution in [2.24, 2.45) is 0 Å². The molecule has 1 aromatic rings. The number of alkyl carbamates (subject to hydrolysis) is 1. The average molecular weight is 303 g/mol. The third-order valence-corrected chi connectivity index (χ3v) is 3.40. The van der Waals surface area contributed by atoms with Crippen LogP contribution in [0.3, 0.4) is 0 Å². The molecule has 1 aromatic heterocycles. The molecule has 0 spiro atoms. The van der Waals surface area contributed by atoms with Gasteiger partial charge in [0.2, 0.25) is 5.91 Å². The minimum atomic E-state index is -0.788. The van der Waals surface area contributed by atoms with Crippen molar-refractivity contribution < 1.29 is 23.6 Å². The molecule has 0 aliphatic rings. The molecule has 8 nitrogen and oxygen atoms in total. The number of methoxy groups -OCH3 is 1. The van der Waals surface area contributed by atoms with Crippen LogP contribution in [0.25, 0.3) is 0 Å². The summed E-state index contributed by atoms with van der Waals surface area (Å²) in [5, 5.41) is 10.2. The van der Waals surface area contributed by atoms with Crippen molar-refractivity contribution in [2.45, 2.75) is 24.6 Å². The summed E-state index contributed by atoms with van der Waals surface area (Å²) >= 11 is 1.07. The summed E-state index contributed by atoms with van der Waals surface area (Å²) in [7, 11) is 5.21. The number of quaternary nitrogens is 1. The Bertz CT molecular complexity index is 463. The Labute approximate surface area is 121 Å². The van der Waals surface area contributed by atoms with Crippen LogP contribution in [0, 0.1) is 0 Å². The lowest BCUT2D eigenvalue weighted by atomic mass is 10.2. The SMILES string of the molecule is CC[C@@H](c1nnc(SCC(=O)NC(=O)OC)o1)[NH+](C)C. The predicted molar refractivity (Wildman–Crippen MR) is 71.4 cm³/mol. The van der Waals surface area contributed by atoms with Gasteiger partial charge in [-0.1, -0.05) is 18.7 Å². The van der Waals surface area contributed by atoms with E-state index in [0.29, 0.717) is 11.1 Å². The number of amides is 2. The number of aromatic nitrogens is 2. The molecule has 2 amide bonds. The largest absolute Gasteiger partial charge is 0.453 e. The Kier molecular flexibility index (Phi) is 6.46. The quantitative estimate of drug-likeness (QED) is 0.692. The summed E-state index contributed by atoms with van der Waals surface area (Å²) in [4.78, 5) is 23.4. The molecule has 20 heavy (non-hydrogen) atoms. The number of ether oxygens (including phenoxy) is 1. The first-order valence-electron chi connectivity index (χ1n) is 6.12. The van der Waals surface area contributed by atoms with Crippen LogP contribution in [0.15, 0.2) is 9.64 Å². The molecule has 0 aliphatic carbocycles. The van der Waals surface area contributed by atoms with E-state index >= 15 is 0 Å². The van der Waals surface area contributed by atoms with E-state index in [0.717, 1.165) is 18.2 Å². The Morgan fingerprint density at radius 1 is 1.45 bits per heavy atom. The Morgan fingerprint density at radius 2 is 2.15 bits per heavy atom. The van der Waals surface area contributed by atoms with Gasteiger partial charge in [-0.2, -0.15) is 0 Å². The zero-order valence-electron chi connectivity index (χ0n) is 11.9. The number of hydrogen-bond donors (Lipinski definition) is 2. The van der Waals surface area contributed by atoms with Crippen LogP contribution in [0.2, 0.25) is 0 Å². The van der Waals surface area contributed by atoms with Crippen LogP contribution in [-0.2, 0) is 9.53 Å². The van der Waals surface area contributed by atoms with E-state index in [-0.39, 0.29) is 11.8 Å². The van der Waals surface area contributed by atoms with Crippen molar-refractivity contribution in [2.75, 3.05) is 27.0 Å². The van der Waals surface area contributed by atoms with Crippen LogP contribution < -0.4 is 10.2 Å². The van der Waals surface area contributed by atoms with Crippen molar-refractivity contribution in [3.8, 4) is 0 Å². The number of hydrogen-bond acceptors (Lipinski definition) is 7. The molecule has 0 saturated carbocycles. The van der Waals surface area contributed by atoms with E-state index in [1.807, 2.05) is 26.3 Å². The predicted octanol–water partition coefficient (Wildman–Crippen LogP) is -0.360. The molecule has 1 rings (SSSR count). The van der Waals surface area contributed by atoms with Crippen LogP contribution >= 0.6 is 11.8 Å². The topological polar surface area (TPSA) is 98.8 Å². The number of nitrogens with zero attached hydrogens (tertiary/aromatic N) is 2. The summed E-state index contributed by atoms with van der Waals surface area (Å²) in [6, 6.07) is 0.126. The van der Waals surface area contributed by atoms with Gasteiger partial charge < -0.3 is 14.1 Å². The molecule has 0 unspecified atom stereocenters. The van der Waals surface area contributed by atoms with Gasteiger partial charge in [0.15, 0.2) is 6.04 Å². The van der Waals surface area contributed by atoms with Crippen LogP contribution in [0.5, 0.6) is 0 Å². The molecule has 0 bridgehead atoms. The maximum atomic E-state index is 11.4. The number of rotatable bonds is 6. The molecule has 0 fully saturated rings. The molecular weight excluding hydrogens is 284 g/mol. The van der Waals surface area contributed by atoms with Gasteiger partial charge in [-0.05, 0) is 0 Å². The van der Waals surface area contributed by atoms with Crippen molar-refractivity contribution in [1.29, 1.82) is 0 Å². The minimum absolute atomic E-state index is 0.00233. The molecule has 1 heterocycles. The standard InChI is InChI=1S/C11H18N4O4S/c1-5-7(15(2)3)9-13-14-11(19-9)20-6-8(16)12-10(17)18-4/h7H,5-6H2,1-4H3,(H,12,16,17)/p+1/t7-/m0/s1. The van der Waals surface area contributed by atoms with Crippen molar-refractivity contribution in [1.82, 2.24) is 15.5 Å². The fourth-order valence-corrected chi connectivity index (χ4v) is 2.15. The molecule has 0 aromatic carbocycles. The molecule has 0 aliphatic heterocycles.